The predicted octanol–water partition coefficient (Wildman–Crippen LogP) is 2.64. The van der Waals surface area contributed by atoms with E-state index in [1.165, 1.54) is 16.8 Å². The maximum Gasteiger partial charge on any atom is 0.0269 e. The van der Waals surface area contributed by atoms with E-state index in [-0.39, 0.29) is 0 Å². The van der Waals surface area contributed by atoms with Crippen LogP contribution in [-0.2, 0) is 6.42 Å². The van der Waals surface area contributed by atoms with Crippen molar-refractivity contribution >= 4 is 0 Å². The fourth-order valence-corrected chi connectivity index (χ4v) is 1.76. The number of benzene rings is 1. The van der Waals surface area contributed by atoms with E-state index in [0.717, 1.165) is 25.9 Å². The average molecular weight is 232 g/mol. The molecular formula is C15H24N2. The molecule has 0 heterocycles. The molecule has 0 atom stereocenters. The number of rotatable bonds is 7. The van der Waals surface area contributed by atoms with Crippen molar-refractivity contribution in [3.05, 3.63) is 47.2 Å². The molecule has 0 radical (unpaired) electrons. The highest BCUT2D eigenvalue weighted by Gasteiger charge is 1.96. The van der Waals surface area contributed by atoms with Crippen LogP contribution >= 0.6 is 0 Å². The zero-order chi connectivity index (χ0) is 12.5. The van der Waals surface area contributed by atoms with Crippen LogP contribution in [0.15, 0.2) is 36.0 Å². The van der Waals surface area contributed by atoms with E-state index in [1.807, 2.05) is 7.05 Å². The maximum absolute atomic E-state index is 3.46. The van der Waals surface area contributed by atoms with Gasteiger partial charge in [-0.2, -0.15) is 0 Å². The van der Waals surface area contributed by atoms with Gasteiger partial charge in [-0.25, -0.2) is 0 Å². The van der Waals surface area contributed by atoms with E-state index in [9.17, 15) is 0 Å². The Kier molecular flexibility index (Phi) is 6.41. The summed E-state index contributed by atoms with van der Waals surface area (Å²) in [6.07, 6.45) is 4.38. The molecule has 2 nitrogen and oxygen atoms in total. The highest BCUT2D eigenvalue weighted by Crippen LogP contribution is 2.09. The molecule has 2 heteroatoms. The molecule has 0 bridgehead atoms. The summed E-state index contributed by atoms with van der Waals surface area (Å²) in [6, 6.07) is 8.57. The van der Waals surface area contributed by atoms with Gasteiger partial charge in [0.05, 0.1) is 0 Å². The highest BCUT2D eigenvalue weighted by atomic mass is 14.9. The number of hydrogen-bond acceptors (Lipinski definition) is 2. The Morgan fingerprint density at radius 3 is 2.65 bits per heavy atom. The summed E-state index contributed by atoms with van der Waals surface area (Å²) < 4.78 is 0. The van der Waals surface area contributed by atoms with Crippen molar-refractivity contribution in [2.75, 3.05) is 20.1 Å². The SMILES string of the molecule is CC/C(=C\Cc1ccccc1C)NCCNC. The molecule has 0 aromatic heterocycles. The van der Waals surface area contributed by atoms with E-state index in [2.05, 4.69) is 54.8 Å². The lowest BCUT2D eigenvalue weighted by Crippen LogP contribution is -2.24. The molecule has 0 aliphatic carbocycles. The van der Waals surface area contributed by atoms with Crippen molar-refractivity contribution < 1.29 is 0 Å². The second-order valence-corrected chi connectivity index (χ2v) is 4.24. The number of nitrogens with one attached hydrogen (secondary N) is 2. The lowest BCUT2D eigenvalue weighted by Gasteiger charge is -2.09. The minimum absolute atomic E-state index is 0.990. The van der Waals surface area contributed by atoms with Gasteiger partial charge in [0, 0.05) is 18.8 Å². The van der Waals surface area contributed by atoms with Crippen molar-refractivity contribution in [3.8, 4) is 0 Å². The Hall–Kier alpha value is -1.28. The predicted molar refractivity (Wildman–Crippen MR) is 75.2 cm³/mol. The van der Waals surface area contributed by atoms with Crippen LogP contribution in [0.1, 0.15) is 24.5 Å². The Balaban J connectivity index is 2.52. The van der Waals surface area contributed by atoms with E-state index in [0.29, 0.717) is 0 Å². The first kappa shape index (κ1) is 13.8. The Morgan fingerprint density at radius 2 is 2.00 bits per heavy atom. The van der Waals surface area contributed by atoms with Gasteiger partial charge < -0.3 is 10.6 Å². The summed E-state index contributed by atoms with van der Waals surface area (Å²) in [5, 5.41) is 6.60. The van der Waals surface area contributed by atoms with E-state index in [1.54, 1.807) is 0 Å². The molecule has 0 saturated heterocycles. The second-order valence-electron chi connectivity index (χ2n) is 4.24. The Bertz CT molecular complexity index is 356. The molecule has 1 rings (SSSR count). The fraction of sp³-hybridized carbons (Fsp3) is 0.467. The van der Waals surface area contributed by atoms with E-state index in [4.69, 9.17) is 0 Å². The summed E-state index contributed by atoms with van der Waals surface area (Å²) in [5.41, 5.74) is 4.12. The topological polar surface area (TPSA) is 24.1 Å². The van der Waals surface area contributed by atoms with Crippen LogP contribution < -0.4 is 10.6 Å². The van der Waals surface area contributed by atoms with Gasteiger partial charge in [0.25, 0.3) is 0 Å². The van der Waals surface area contributed by atoms with Gasteiger partial charge in [0.2, 0.25) is 0 Å². The zero-order valence-electron chi connectivity index (χ0n) is 11.2. The molecule has 0 unspecified atom stereocenters. The van der Waals surface area contributed by atoms with Gasteiger partial charge in [0.15, 0.2) is 0 Å². The third kappa shape index (κ3) is 5.05. The summed E-state index contributed by atoms with van der Waals surface area (Å²) in [6.45, 7) is 6.35. The number of aryl methyl sites for hydroxylation is 1. The first-order valence-corrected chi connectivity index (χ1v) is 6.40. The lowest BCUT2D eigenvalue weighted by molar-refractivity contribution is 0.699. The average Bonchev–Trinajstić information content (AvgIpc) is 2.35. The van der Waals surface area contributed by atoms with Crippen LogP contribution in [0, 0.1) is 6.92 Å². The van der Waals surface area contributed by atoms with Crippen LogP contribution in [-0.4, -0.2) is 20.1 Å². The molecule has 0 spiro atoms. The van der Waals surface area contributed by atoms with Gasteiger partial charge in [-0.1, -0.05) is 37.3 Å². The van der Waals surface area contributed by atoms with Crippen molar-refractivity contribution in [1.29, 1.82) is 0 Å². The van der Waals surface area contributed by atoms with Gasteiger partial charge in [-0.05, 0) is 37.9 Å². The van der Waals surface area contributed by atoms with Crippen LogP contribution in [0.2, 0.25) is 0 Å². The summed E-state index contributed by atoms with van der Waals surface area (Å²) in [5.74, 6) is 0. The molecule has 17 heavy (non-hydrogen) atoms. The molecule has 0 amide bonds. The molecule has 2 N–H and O–H groups in total. The second kappa shape index (κ2) is 7.91. The monoisotopic (exact) mass is 232 g/mol. The molecule has 0 aliphatic rings. The smallest absolute Gasteiger partial charge is 0.0269 e. The number of allylic oxidation sites excluding steroid dienone is 2. The Morgan fingerprint density at radius 1 is 1.24 bits per heavy atom. The highest BCUT2D eigenvalue weighted by molar-refractivity contribution is 5.28. The lowest BCUT2D eigenvalue weighted by atomic mass is 10.1. The van der Waals surface area contributed by atoms with Gasteiger partial charge in [0.1, 0.15) is 0 Å². The van der Waals surface area contributed by atoms with Gasteiger partial charge in [-0.15, -0.1) is 0 Å². The van der Waals surface area contributed by atoms with Crippen LogP contribution in [0.4, 0.5) is 0 Å². The van der Waals surface area contributed by atoms with Crippen molar-refractivity contribution in [2.45, 2.75) is 26.7 Å². The normalized spacial score (nSPS) is 11.6. The van der Waals surface area contributed by atoms with Crippen molar-refractivity contribution in [3.63, 3.8) is 0 Å². The minimum Gasteiger partial charge on any atom is -0.387 e. The van der Waals surface area contributed by atoms with E-state index >= 15 is 0 Å². The molecular weight excluding hydrogens is 208 g/mol. The fourth-order valence-electron chi connectivity index (χ4n) is 1.76. The van der Waals surface area contributed by atoms with Crippen LogP contribution in [0.3, 0.4) is 0 Å². The summed E-state index contributed by atoms with van der Waals surface area (Å²) >= 11 is 0. The van der Waals surface area contributed by atoms with Crippen LogP contribution in [0.5, 0.6) is 0 Å². The van der Waals surface area contributed by atoms with Crippen molar-refractivity contribution in [1.82, 2.24) is 10.6 Å². The number of hydrogen-bond donors (Lipinski definition) is 2. The Labute approximate surface area is 105 Å². The van der Waals surface area contributed by atoms with Gasteiger partial charge in [-0.3, -0.25) is 0 Å². The molecule has 94 valence electrons. The zero-order valence-corrected chi connectivity index (χ0v) is 11.2. The standard InChI is InChI=1S/C15H24N2/c1-4-15(17-12-11-16-3)10-9-14-8-6-5-7-13(14)2/h5-8,10,16-17H,4,9,11-12H2,1-3H3/b15-10+. The molecule has 1 aromatic carbocycles. The molecule has 0 fully saturated rings. The third-order valence-electron chi connectivity index (χ3n) is 2.94. The summed E-state index contributed by atoms with van der Waals surface area (Å²) in [4.78, 5) is 0. The largest absolute Gasteiger partial charge is 0.387 e. The summed E-state index contributed by atoms with van der Waals surface area (Å²) in [7, 11) is 1.98. The molecule has 1 aromatic rings. The third-order valence-corrected chi connectivity index (χ3v) is 2.94. The number of likely N-dealkylation sites (N-methyl/N-ethyl adjacent to an activating group) is 1. The van der Waals surface area contributed by atoms with Crippen molar-refractivity contribution in [2.24, 2.45) is 0 Å². The molecule has 0 aliphatic heterocycles. The minimum atomic E-state index is 0.990. The van der Waals surface area contributed by atoms with E-state index < -0.39 is 0 Å². The quantitative estimate of drug-likeness (QED) is 0.706. The van der Waals surface area contributed by atoms with Crippen LogP contribution in [0.25, 0.3) is 0 Å². The maximum atomic E-state index is 3.46. The van der Waals surface area contributed by atoms with Gasteiger partial charge >= 0.3 is 0 Å². The first-order chi connectivity index (χ1) is 8.27. The molecule has 0 saturated carbocycles. The first-order valence-electron chi connectivity index (χ1n) is 6.40.